The largest absolute Gasteiger partial charge is 0.478 e. The fourth-order valence-corrected chi connectivity index (χ4v) is 5.29. The molecule has 3 aromatic rings. The number of esters is 1. The van der Waals surface area contributed by atoms with Crippen molar-refractivity contribution < 1.29 is 19.4 Å². The second kappa shape index (κ2) is 8.51. The highest BCUT2D eigenvalue weighted by Gasteiger charge is 2.27. The summed E-state index contributed by atoms with van der Waals surface area (Å²) in [6.07, 6.45) is 0. The van der Waals surface area contributed by atoms with Gasteiger partial charge in [0.25, 0.3) is 5.97 Å². The summed E-state index contributed by atoms with van der Waals surface area (Å²) in [6, 6.07) is 23.2. The van der Waals surface area contributed by atoms with Crippen molar-refractivity contribution in [3.63, 3.8) is 0 Å². The average Bonchev–Trinajstić information content (AvgIpc) is 2.68. The normalized spacial score (nSPS) is 11.3. The van der Waals surface area contributed by atoms with Crippen LogP contribution in [0.2, 0.25) is 0 Å². The third-order valence-electron chi connectivity index (χ3n) is 4.00. The number of ether oxygens (including phenoxy) is 1. The summed E-state index contributed by atoms with van der Waals surface area (Å²) >= 11 is 0. The summed E-state index contributed by atoms with van der Waals surface area (Å²) in [4.78, 5) is 24.3. The van der Waals surface area contributed by atoms with E-state index in [-0.39, 0.29) is 11.1 Å². The second-order valence-corrected chi connectivity index (χ2v) is 8.47. The van der Waals surface area contributed by atoms with Crippen LogP contribution in [0.1, 0.15) is 20.7 Å². The van der Waals surface area contributed by atoms with Crippen molar-refractivity contribution in [2.75, 3.05) is 0 Å². The predicted octanol–water partition coefficient (Wildman–Crippen LogP) is 0.787. The first kappa shape index (κ1) is 20.6. The molecule has 29 heavy (non-hydrogen) atoms. The molecule has 148 valence electrons. The molecule has 0 radical (unpaired) electrons. The van der Waals surface area contributed by atoms with E-state index >= 15 is 0 Å². The van der Waals surface area contributed by atoms with Gasteiger partial charge in [-0.05, 0) is 36.7 Å². The van der Waals surface area contributed by atoms with Crippen LogP contribution in [0.5, 0.6) is 0 Å². The van der Waals surface area contributed by atoms with Crippen molar-refractivity contribution in [2.24, 2.45) is 17.2 Å². The molecule has 0 spiro atoms. The molecule has 8 heteroatoms. The fourth-order valence-electron chi connectivity index (χ4n) is 2.82. The van der Waals surface area contributed by atoms with Gasteiger partial charge in [0.15, 0.2) is 0 Å². The molecule has 0 fully saturated rings. The lowest BCUT2D eigenvalue weighted by Crippen LogP contribution is -2.61. The van der Waals surface area contributed by atoms with E-state index in [9.17, 15) is 14.7 Å². The van der Waals surface area contributed by atoms with Crippen molar-refractivity contribution >= 4 is 35.8 Å². The number of hydrogen-bond acceptors (Lipinski definition) is 6. The Hall–Kier alpha value is -3.09. The maximum absolute atomic E-state index is 12.7. The topological polar surface area (TPSA) is 142 Å². The minimum Gasteiger partial charge on any atom is -0.478 e. The van der Waals surface area contributed by atoms with Crippen LogP contribution in [0.15, 0.2) is 78.9 Å². The molecule has 7 N–H and O–H groups in total. The Morgan fingerprint density at radius 1 is 0.828 bits per heavy atom. The lowest BCUT2D eigenvalue weighted by atomic mass is 10.1. The summed E-state index contributed by atoms with van der Waals surface area (Å²) < 4.78 is 4.94. The van der Waals surface area contributed by atoms with Crippen LogP contribution in [0, 0.1) is 0 Å². The molecule has 0 saturated carbocycles. The van der Waals surface area contributed by atoms with Crippen LogP contribution < -0.4 is 33.1 Å². The summed E-state index contributed by atoms with van der Waals surface area (Å²) in [7, 11) is -1.27. The highest BCUT2D eigenvalue weighted by molar-refractivity contribution is 7.80. The van der Waals surface area contributed by atoms with Crippen LogP contribution in [-0.2, 0) is 4.74 Å². The molecule has 0 bridgehead atoms. The van der Waals surface area contributed by atoms with Gasteiger partial charge in [-0.3, -0.25) is 17.2 Å². The summed E-state index contributed by atoms with van der Waals surface area (Å²) in [5, 5.41) is 11.9. The van der Waals surface area contributed by atoms with Gasteiger partial charge in [0.05, 0.1) is 11.1 Å². The summed E-state index contributed by atoms with van der Waals surface area (Å²) in [5.41, 5.74) is 16.5. The van der Waals surface area contributed by atoms with E-state index in [4.69, 9.17) is 21.9 Å². The molecule has 0 amide bonds. The number of carboxylic acid groups (broad SMARTS) is 1. The van der Waals surface area contributed by atoms with Crippen molar-refractivity contribution in [1.29, 1.82) is 0 Å². The van der Waals surface area contributed by atoms with E-state index in [0.29, 0.717) is 5.30 Å². The van der Waals surface area contributed by atoms with Crippen molar-refractivity contribution in [3.05, 3.63) is 90.0 Å². The van der Waals surface area contributed by atoms with Crippen LogP contribution in [-0.4, -0.2) is 23.0 Å². The minimum atomic E-state index is -2.15. The number of carbonyl (C=O) groups excluding carboxylic acids is 1. The Kier molecular flexibility index (Phi) is 6.06. The Morgan fingerprint density at radius 2 is 1.34 bits per heavy atom. The van der Waals surface area contributed by atoms with E-state index in [2.05, 4.69) is 0 Å². The number of benzene rings is 3. The van der Waals surface area contributed by atoms with Crippen LogP contribution in [0.4, 0.5) is 0 Å². The molecular weight excluding hydrogens is 389 g/mol. The lowest BCUT2D eigenvalue weighted by Gasteiger charge is -2.24. The number of aromatic carboxylic acids is 1. The molecule has 0 atom stereocenters. The van der Waals surface area contributed by atoms with Gasteiger partial charge in [0.1, 0.15) is 0 Å². The maximum atomic E-state index is 12.7. The van der Waals surface area contributed by atoms with Crippen molar-refractivity contribution in [1.82, 2.24) is 0 Å². The third kappa shape index (κ3) is 5.04. The molecule has 0 aliphatic rings. The van der Waals surface area contributed by atoms with Crippen LogP contribution >= 0.6 is 7.92 Å². The SMILES string of the molecule is NC(N)(N)OC(=O)c1ccc(C(=O)O)cc1P(c1ccccc1)c1ccccc1. The van der Waals surface area contributed by atoms with Crippen molar-refractivity contribution in [2.45, 2.75) is 5.97 Å². The highest BCUT2D eigenvalue weighted by Crippen LogP contribution is 2.34. The molecule has 3 aromatic carbocycles. The van der Waals surface area contributed by atoms with Gasteiger partial charge >= 0.3 is 11.9 Å². The monoisotopic (exact) mass is 409 g/mol. The van der Waals surface area contributed by atoms with E-state index in [1.807, 2.05) is 60.7 Å². The van der Waals surface area contributed by atoms with Crippen molar-refractivity contribution in [3.8, 4) is 0 Å². The molecular formula is C21H20N3O4P. The molecule has 0 heterocycles. The second-order valence-electron chi connectivity index (χ2n) is 6.29. The summed E-state index contributed by atoms with van der Waals surface area (Å²) in [6.45, 7) is 0. The van der Waals surface area contributed by atoms with E-state index in [0.717, 1.165) is 10.6 Å². The average molecular weight is 409 g/mol. The lowest BCUT2D eigenvalue weighted by molar-refractivity contribution is -0.00929. The predicted molar refractivity (Wildman–Crippen MR) is 113 cm³/mol. The minimum absolute atomic E-state index is 0.0513. The molecule has 0 unspecified atom stereocenters. The van der Waals surface area contributed by atoms with Gasteiger partial charge in [-0.15, -0.1) is 0 Å². The quantitative estimate of drug-likeness (QED) is 0.268. The third-order valence-corrected chi connectivity index (χ3v) is 6.48. The standard InChI is InChI=1S/C21H20N3O4P/c22-21(23,24)28-20(27)17-12-11-14(19(25)26)13-18(17)29(15-7-3-1-4-8-15)16-9-5-2-6-10-16/h1-13H,22-24H2,(H,25,26). The molecule has 0 aromatic heterocycles. The maximum Gasteiger partial charge on any atom is 0.342 e. The first-order valence-electron chi connectivity index (χ1n) is 8.64. The van der Waals surface area contributed by atoms with Crippen LogP contribution in [0.25, 0.3) is 0 Å². The van der Waals surface area contributed by atoms with Gasteiger partial charge < -0.3 is 9.84 Å². The van der Waals surface area contributed by atoms with E-state index < -0.39 is 25.8 Å². The highest BCUT2D eigenvalue weighted by atomic mass is 31.1. The number of hydrogen-bond donors (Lipinski definition) is 4. The van der Waals surface area contributed by atoms with Gasteiger partial charge in [-0.25, -0.2) is 9.59 Å². The smallest absolute Gasteiger partial charge is 0.342 e. The molecule has 3 rings (SSSR count). The zero-order valence-electron chi connectivity index (χ0n) is 15.4. The van der Waals surface area contributed by atoms with Crippen LogP contribution in [0.3, 0.4) is 0 Å². The number of carbonyl (C=O) groups is 2. The van der Waals surface area contributed by atoms with Gasteiger partial charge in [0, 0.05) is 5.30 Å². The van der Waals surface area contributed by atoms with Gasteiger partial charge in [-0.2, -0.15) is 0 Å². The van der Waals surface area contributed by atoms with Gasteiger partial charge in [-0.1, -0.05) is 60.7 Å². The van der Waals surface area contributed by atoms with E-state index in [1.54, 1.807) is 0 Å². The Balaban J connectivity index is 2.24. The Morgan fingerprint density at radius 3 is 1.79 bits per heavy atom. The number of carboxylic acids is 1. The number of rotatable bonds is 6. The molecule has 0 aliphatic carbocycles. The van der Waals surface area contributed by atoms with E-state index in [1.165, 1.54) is 18.2 Å². The first-order valence-corrected chi connectivity index (χ1v) is 9.98. The first-order chi connectivity index (χ1) is 13.8. The molecule has 0 aliphatic heterocycles. The van der Waals surface area contributed by atoms with Gasteiger partial charge in [0.2, 0.25) is 0 Å². The number of nitrogens with two attached hydrogens (primary N) is 3. The zero-order chi connectivity index (χ0) is 21.0. The zero-order valence-corrected chi connectivity index (χ0v) is 16.3. The Labute approximate surface area is 168 Å². The Bertz CT molecular complexity index is 982. The molecule has 0 saturated heterocycles. The summed E-state index contributed by atoms with van der Waals surface area (Å²) in [5.74, 6) is -4.08. The fraction of sp³-hybridized carbons (Fsp3) is 0.0476. The molecule has 7 nitrogen and oxygen atoms in total.